The van der Waals surface area contributed by atoms with E-state index < -0.39 is 0 Å². The zero-order valence-electron chi connectivity index (χ0n) is 16.3. The third-order valence-electron chi connectivity index (χ3n) is 5.65. The highest BCUT2D eigenvalue weighted by Crippen LogP contribution is 2.28. The Morgan fingerprint density at radius 3 is 2.59 bits per heavy atom. The van der Waals surface area contributed by atoms with Crippen LogP contribution in [0.5, 0.6) is 0 Å². The van der Waals surface area contributed by atoms with Crippen LogP contribution in [0.2, 0.25) is 0 Å². The maximum absolute atomic E-state index is 12.6. The van der Waals surface area contributed by atoms with Gasteiger partial charge in [0.1, 0.15) is 5.58 Å². The summed E-state index contributed by atoms with van der Waals surface area (Å²) in [6.07, 6.45) is 4.53. The van der Waals surface area contributed by atoms with Crippen LogP contribution in [0.1, 0.15) is 35.1 Å². The molecular weight excluding hydrogens is 336 g/mol. The number of amides is 1. The number of aryl methyl sites for hydroxylation is 3. The van der Waals surface area contributed by atoms with Crippen LogP contribution in [-0.2, 0) is 11.2 Å². The minimum absolute atomic E-state index is 0.0204. The molecule has 1 aliphatic rings. The molecular formula is C23H26N2O2. The van der Waals surface area contributed by atoms with E-state index in [1.807, 2.05) is 12.1 Å². The van der Waals surface area contributed by atoms with Crippen molar-refractivity contribution in [1.29, 1.82) is 0 Å². The van der Waals surface area contributed by atoms with Gasteiger partial charge >= 0.3 is 0 Å². The first kappa shape index (κ1) is 17.7. The Hall–Kier alpha value is -2.75. The molecule has 0 atom stereocenters. The fourth-order valence-electron chi connectivity index (χ4n) is 3.85. The van der Waals surface area contributed by atoms with Gasteiger partial charge in [-0.2, -0.15) is 0 Å². The van der Waals surface area contributed by atoms with E-state index in [1.165, 1.54) is 24.1 Å². The number of hydrogen-bond acceptors (Lipinski definition) is 3. The molecule has 1 saturated heterocycles. The van der Waals surface area contributed by atoms with Gasteiger partial charge in [-0.1, -0.05) is 12.1 Å². The van der Waals surface area contributed by atoms with E-state index >= 15 is 0 Å². The third-order valence-corrected chi connectivity index (χ3v) is 5.65. The highest BCUT2D eigenvalue weighted by atomic mass is 16.3. The Morgan fingerprint density at radius 1 is 1.07 bits per heavy atom. The number of carbonyl (C=O) groups excluding carboxylic acids is 1. The highest BCUT2D eigenvalue weighted by Gasteiger charge is 2.15. The van der Waals surface area contributed by atoms with Gasteiger partial charge in [0.15, 0.2) is 0 Å². The first-order chi connectivity index (χ1) is 13.0. The summed E-state index contributed by atoms with van der Waals surface area (Å²) in [7, 11) is 0. The van der Waals surface area contributed by atoms with E-state index in [4.69, 9.17) is 4.42 Å². The molecule has 0 unspecified atom stereocenters. The van der Waals surface area contributed by atoms with Crippen molar-refractivity contribution in [3.8, 4) is 0 Å². The second-order valence-corrected chi connectivity index (χ2v) is 7.56. The monoisotopic (exact) mass is 362 g/mol. The molecule has 4 nitrogen and oxygen atoms in total. The van der Waals surface area contributed by atoms with Gasteiger partial charge in [0.05, 0.1) is 12.7 Å². The van der Waals surface area contributed by atoms with Gasteiger partial charge in [0.25, 0.3) is 0 Å². The molecule has 0 saturated carbocycles. The summed E-state index contributed by atoms with van der Waals surface area (Å²) >= 11 is 0. The largest absolute Gasteiger partial charge is 0.464 e. The van der Waals surface area contributed by atoms with Gasteiger partial charge < -0.3 is 14.6 Å². The van der Waals surface area contributed by atoms with Crippen LogP contribution in [0.4, 0.5) is 11.4 Å². The summed E-state index contributed by atoms with van der Waals surface area (Å²) in [6, 6.07) is 10.4. The van der Waals surface area contributed by atoms with E-state index in [0.29, 0.717) is 6.42 Å². The van der Waals surface area contributed by atoms with Crippen LogP contribution < -0.4 is 10.2 Å². The van der Waals surface area contributed by atoms with Gasteiger partial charge in [0.2, 0.25) is 5.91 Å². The molecule has 2 heterocycles. The first-order valence-corrected chi connectivity index (χ1v) is 9.64. The average molecular weight is 362 g/mol. The van der Waals surface area contributed by atoms with Crippen molar-refractivity contribution in [3.63, 3.8) is 0 Å². The van der Waals surface area contributed by atoms with Crippen LogP contribution in [0.15, 0.2) is 41.0 Å². The number of nitrogens with one attached hydrogen (secondary N) is 1. The van der Waals surface area contributed by atoms with Gasteiger partial charge in [0, 0.05) is 35.4 Å². The van der Waals surface area contributed by atoms with E-state index in [1.54, 1.807) is 6.26 Å². The SMILES string of the molecule is Cc1cc(N2CCCC2)ccc1NC(=O)Cc1coc2c(C)c(C)ccc12. The second-order valence-electron chi connectivity index (χ2n) is 7.56. The Labute approximate surface area is 160 Å². The van der Waals surface area contributed by atoms with Crippen LogP contribution in [0.25, 0.3) is 11.0 Å². The topological polar surface area (TPSA) is 45.5 Å². The number of furan rings is 1. The molecule has 3 aromatic rings. The zero-order valence-corrected chi connectivity index (χ0v) is 16.3. The molecule has 0 spiro atoms. The number of anilines is 2. The normalized spacial score (nSPS) is 14.1. The zero-order chi connectivity index (χ0) is 19.0. The minimum Gasteiger partial charge on any atom is -0.464 e. The molecule has 1 aliphatic heterocycles. The standard InChI is InChI=1S/C23H26N2O2/c1-15-6-8-20-18(14-27-23(20)17(15)3)13-22(26)24-21-9-7-19(12-16(21)2)25-10-4-5-11-25/h6-9,12,14H,4-5,10-11,13H2,1-3H3,(H,24,26). The summed E-state index contributed by atoms with van der Waals surface area (Å²) in [4.78, 5) is 15.0. The van der Waals surface area contributed by atoms with E-state index in [2.05, 4.69) is 49.2 Å². The number of fused-ring (bicyclic) bond motifs is 1. The van der Waals surface area contributed by atoms with Crippen LogP contribution in [0.3, 0.4) is 0 Å². The lowest BCUT2D eigenvalue weighted by atomic mass is 10.0. The van der Waals surface area contributed by atoms with Gasteiger partial charge in [-0.25, -0.2) is 0 Å². The van der Waals surface area contributed by atoms with Gasteiger partial charge in [-0.3, -0.25) is 4.79 Å². The van der Waals surface area contributed by atoms with E-state index in [0.717, 1.165) is 46.4 Å². The molecule has 1 aromatic heterocycles. The molecule has 4 heteroatoms. The lowest BCUT2D eigenvalue weighted by molar-refractivity contribution is -0.115. The predicted molar refractivity (Wildman–Crippen MR) is 111 cm³/mol. The van der Waals surface area contributed by atoms with Crippen molar-refractivity contribution in [3.05, 3.63) is 58.8 Å². The van der Waals surface area contributed by atoms with E-state index in [-0.39, 0.29) is 5.91 Å². The summed E-state index contributed by atoms with van der Waals surface area (Å²) < 4.78 is 5.72. The Morgan fingerprint density at radius 2 is 1.85 bits per heavy atom. The van der Waals surface area contributed by atoms with Gasteiger partial charge in [-0.05, 0) is 68.5 Å². The van der Waals surface area contributed by atoms with Crippen LogP contribution in [-0.4, -0.2) is 19.0 Å². The van der Waals surface area contributed by atoms with Crippen molar-refractivity contribution in [2.75, 3.05) is 23.3 Å². The third kappa shape index (κ3) is 3.44. The fraction of sp³-hybridized carbons (Fsp3) is 0.348. The molecule has 1 N–H and O–H groups in total. The smallest absolute Gasteiger partial charge is 0.228 e. The summed E-state index contributed by atoms with van der Waals surface area (Å²) in [5.74, 6) is -0.0204. The quantitative estimate of drug-likeness (QED) is 0.699. The van der Waals surface area contributed by atoms with Crippen molar-refractivity contribution in [2.45, 2.75) is 40.0 Å². The maximum Gasteiger partial charge on any atom is 0.228 e. The predicted octanol–water partition coefficient (Wildman–Crippen LogP) is 5.14. The lowest BCUT2D eigenvalue weighted by Crippen LogP contribution is -2.18. The van der Waals surface area contributed by atoms with Crippen molar-refractivity contribution in [1.82, 2.24) is 0 Å². The Kier molecular flexibility index (Phi) is 4.65. The summed E-state index contributed by atoms with van der Waals surface area (Å²) in [5, 5.41) is 4.08. The molecule has 140 valence electrons. The summed E-state index contributed by atoms with van der Waals surface area (Å²) in [5.41, 5.74) is 7.35. The molecule has 0 radical (unpaired) electrons. The number of carbonyl (C=O) groups is 1. The van der Waals surface area contributed by atoms with Crippen molar-refractivity contribution >= 4 is 28.3 Å². The number of nitrogens with zero attached hydrogens (tertiary/aromatic N) is 1. The number of benzene rings is 2. The fourth-order valence-corrected chi connectivity index (χ4v) is 3.85. The molecule has 0 bridgehead atoms. The molecule has 4 rings (SSSR count). The molecule has 1 amide bonds. The maximum atomic E-state index is 12.6. The van der Waals surface area contributed by atoms with E-state index in [9.17, 15) is 4.79 Å². The molecule has 2 aromatic carbocycles. The number of hydrogen-bond donors (Lipinski definition) is 1. The lowest BCUT2D eigenvalue weighted by Gasteiger charge is -2.19. The average Bonchev–Trinajstić information content (AvgIpc) is 3.30. The van der Waals surface area contributed by atoms with Crippen molar-refractivity contribution < 1.29 is 9.21 Å². The Bertz CT molecular complexity index is 997. The number of rotatable bonds is 4. The Balaban J connectivity index is 1.49. The minimum atomic E-state index is -0.0204. The molecule has 27 heavy (non-hydrogen) atoms. The second kappa shape index (κ2) is 7.10. The molecule has 1 fully saturated rings. The summed E-state index contributed by atoms with van der Waals surface area (Å²) in [6.45, 7) is 8.42. The molecule has 0 aliphatic carbocycles. The first-order valence-electron chi connectivity index (χ1n) is 9.64. The highest BCUT2D eigenvalue weighted by molar-refractivity contribution is 5.96. The van der Waals surface area contributed by atoms with Crippen LogP contribution >= 0.6 is 0 Å². The van der Waals surface area contributed by atoms with Gasteiger partial charge in [-0.15, -0.1) is 0 Å². The van der Waals surface area contributed by atoms with Crippen molar-refractivity contribution in [2.24, 2.45) is 0 Å². The van der Waals surface area contributed by atoms with Crippen LogP contribution in [0, 0.1) is 20.8 Å².